The van der Waals surface area contributed by atoms with E-state index >= 15 is 0 Å². The van der Waals surface area contributed by atoms with Crippen molar-refractivity contribution < 1.29 is 9.32 Å². The van der Waals surface area contributed by atoms with Crippen molar-refractivity contribution >= 4 is 5.91 Å². The van der Waals surface area contributed by atoms with Gasteiger partial charge in [0.1, 0.15) is 5.69 Å². The summed E-state index contributed by atoms with van der Waals surface area (Å²) in [6.45, 7) is 1.54. The van der Waals surface area contributed by atoms with Crippen LogP contribution in [0.15, 0.2) is 40.6 Å². The third-order valence-electron chi connectivity index (χ3n) is 6.85. The molecule has 1 unspecified atom stereocenters. The Morgan fingerprint density at radius 3 is 2.93 bits per heavy atom. The number of nitrogens with zero attached hydrogens (tertiary/aromatic N) is 4. The topological polar surface area (TPSA) is 72.1 Å². The second-order valence-electron chi connectivity index (χ2n) is 9.27. The first kappa shape index (κ1) is 19.5. The molecular weight excluding hydrogens is 376 g/mol. The quantitative estimate of drug-likeness (QED) is 0.651. The number of carbonyl (C=O) groups is 1. The second-order valence-corrected chi connectivity index (χ2v) is 9.27. The van der Waals surface area contributed by atoms with Crippen molar-refractivity contribution in [1.29, 1.82) is 0 Å². The van der Waals surface area contributed by atoms with Crippen LogP contribution in [0.2, 0.25) is 0 Å². The van der Waals surface area contributed by atoms with Crippen LogP contribution in [0.25, 0.3) is 11.6 Å². The number of likely N-dealkylation sites (tertiary alicyclic amines) is 1. The molecule has 3 heterocycles. The summed E-state index contributed by atoms with van der Waals surface area (Å²) < 4.78 is 5.61. The largest absolute Gasteiger partial charge is 0.341 e. The molecule has 1 aliphatic heterocycles. The first-order valence-electron chi connectivity index (χ1n) is 11.4. The van der Waals surface area contributed by atoms with Gasteiger partial charge in [-0.25, -0.2) is 0 Å². The van der Waals surface area contributed by atoms with Gasteiger partial charge in [0.15, 0.2) is 5.82 Å². The Kier molecular flexibility index (Phi) is 5.40. The van der Waals surface area contributed by atoms with E-state index in [-0.39, 0.29) is 11.3 Å². The van der Waals surface area contributed by atoms with Gasteiger partial charge in [0.25, 0.3) is 5.89 Å². The summed E-state index contributed by atoms with van der Waals surface area (Å²) in [5, 5.41) is 4.40. The van der Waals surface area contributed by atoms with E-state index < -0.39 is 0 Å². The Balaban J connectivity index is 1.37. The fourth-order valence-corrected chi connectivity index (χ4v) is 5.06. The molecule has 0 N–H and O–H groups in total. The van der Waals surface area contributed by atoms with Crippen molar-refractivity contribution in [2.75, 3.05) is 13.1 Å². The molecule has 0 aromatic carbocycles. The van der Waals surface area contributed by atoms with Gasteiger partial charge in [0, 0.05) is 25.7 Å². The fraction of sp³-hybridized carbons (Fsp3) is 0.583. The highest BCUT2D eigenvalue weighted by Crippen LogP contribution is 2.46. The summed E-state index contributed by atoms with van der Waals surface area (Å²) in [5.74, 6) is 2.20. The Labute approximate surface area is 177 Å². The molecule has 30 heavy (non-hydrogen) atoms. The molecule has 1 amide bonds. The van der Waals surface area contributed by atoms with Crippen LogP contribution >= 0.6 is 0 Å². The van der Waals surface area contributed by atoms with E-state index in [4.69, 9.17) is 9.51 Å². The van der Waals surface area contributed by atoms with Crippen molar-refractivity contribution in [2.45, 2.75) is 69.6 Å². The predicted octanol–water partition coefficient (Wildman–Crippen LogP) is 4.68. The van der Waals surface area contributed by atoms with Gasteiger partial charge in [-0.15, -0.1) is 0 Å². The molecule has 0 bridgehead atoms. The normalized spacial score (nSPS) is 24.5. The molecule has 1 saturated heterocycles. The van der Waals surface area contributed by atoms with Gasteiger partial charge in [-0.1, -0.05) is 35.7 Å². The van der Waals surface area contributed by atoms with Gasteiger partial charge in [0.2, 0.25) is 5.91 Å². The number of carbonyl (C=O) groups excluding carboxylic acids is 1. The van der Waals surface area contributed by atoms with Crippen LogP contribution in [0.5, 0.6) is 0 Å². The molecule has 3 aliphatic rings. The zero-order chi connectivity index (χ0) is 20.4. The Bertz CT molecular complexity index is 918. The molecule has 0 radical (unpaired) electrons. The van der Waals surface area contributed by atoms with Crippen LogP contribution in [0.4, 0.5) is 0 Å². The van der Waals surface area contributed by atoms with Crippen molar-refractivity contribution in [1.82, 2.24) is 20.0 Å². The van der Waals surface area contributed by atoms with Gasteiger partial charge < -0.3 is 9.42 Å². The van der Waals surface area contributed by atoms with E-state index in [1.54, 1.807) is 6.20 Å². The Morgan fingerprint density at radius 2 is 2.17 bits per heavy atom. The Hall–Kier alpha value is -2.50. The zero-order valence-electron chi connectivity index (χ0n) is 17.6. The molecule has 2 aromatic rings. The number of aromatic nitrogens is 3. The fourth-order valence-electron chi connectivity index (χ4n) is 5.06. The number of hydrogen-bond acceptors (Lipinski definition) is 5. The first-order chi connectivity index (χ1) is 14.7. The van der Waals surface area contributed by atoms with Gasteiger partial charge >= 0.3 is 0 Å². The van der Waals surface area contributed by atoms with E-state index in [0.717, 1.165) is 50.4 Å². The maximum absolute atomic E-state index is 13.1. The highest BCUT2D eigenvalue weighted by molar-refractivity contribution is 5.79. The minimum absolute atomic E-state index is 0.202. The average molecular weight is 407 g/mol. The summed E-state index contributed by atoms with van der Waals surface area (Å²) in [4.78, 5) is 24.3. The molecule has 5 rings (SSSR count). The lowest BCUT2D eigenvalue weighted by Gasteiger charge is -2.41. The van der Waals surface area contributed by atoms with Crippen LogP contribution < -0.4 is 0 Å². The van der Waals surface area contributed by atoms with E-state index in [9.17, 15) is 4.79 Å². The van der Waals surface area contributed by atoms with Crippen LogP contribution in [0.1, 0.15) is 70.0 Å². The van der Waals surface area contributed by atoms with E-state index in [1.165, 1.54) is 31.3 Å². The summed E-state index contributed by atoms with van der Waals surface area (Å²) in [7, 11) is 0. The lowest BCUT2D eigenvalue weighted by molar-refractivity contribution is -0.133. The van der Waals surface area contributed by atoms with Crippen LogP contribution in [-0.2, 0) is 10.2 Å². The smallest absolute Gasteiger partial charge is 0.276 e. The molecule has 2 aliphatic carbocycles. The number of amides is 1. The van der Waals surface area contributed by atoms with Crippen molar-refractivity contribution in [3.8, 4) is 11.6 Å². The number of rotatable bonds is 6. The molecule has 6 nitrogen and oxygen atoms in total. The van der Waals surface area contributed by atoms with E-state index in [0.29, 0.717) is 24.6 Å². The summed E-state index contributed by atoms with van der Waals surface area (Å²) >= 11 is 0. The van der Waals surface area contributed by atoms with Gasteiger partial charge in [-0.05, 0) is 63.0 Å². The van der Waals surface area contributed by atoms with Gasteiger partial charge in [-0.3, -0.25) is 9.78 Å². The summed E-state index contributed by atoms with van der Waals surface area (Å²) in [6, 6.07) is 5.69. The number of allylic oxidation sites excluding steroid dienone is 1. The van der Waals surface area contributed by atoms with Crippen molar-refractivity contribution in [3.63, 3.8) is 0 Å². The number of piperidine rings is 1. The summed E-state index contributed by atoms with van der Waals surface area (Å²) in [6.07, 6.45) is 14.8. The number of pyridine rings is 1. The van der Waals surface area contributed by atoms with Crippen molar-refractivity contribution in [2.24, 2.45) is 5.92 Å². The second kappa shape index (κ2) is 8.32. The monoisotopic (exact) mass is 406 g/mol. The van der Waals surface area contributed by atoms with Gasteiger partial charge in [0.05, 0.1) is 5.41 Å². The molecule has 1 atom stereocenters. The summed E-state index contributed by atoms with van der Waals surface area (Å²) in [5.41, 5.74) is 1.82. The predicted molar refractivity (Wildman–Crippen MR) is 114 cm³/mol. The molecule has 2 aromatic heterocycles. The minimum atomic E-state index is -0.202. The minimum Gasteiger partial charge on any atom is -0.341 e. The maximum Gasteiger partial charge on any atom is 0.276 e. The molecule has 158 valence electrons. The molecule has 0 spiro atoms. The first-order valence-corrected chi connectivity index (χ1v) is 11.4. The van der Waals surface area contributed by atoms with Crippen LogP contribution in [0, 0.1) is 5.92 Å². The molecular formula is C24H30N4O2. The third kappa shape index (κ3) is 4.18. The lowest BCUT2D eigenvalue weighted by atomic mass is 9.74. The molecule has 2 fully saturated rings. The highest BCUT2D eigenvalue weighted by Gasteiger charge is 2.45. The highest BCUT2D eigenvalue weighted by atomic mass is 16.5. The zero-order valence-corrected chi connectivity index (χ0v) is 17.6. The molecule has 1 saturated carbocycles. The average Bonchev–Trinajstić information content (AvgIpc) is 3.45. The van der Waals surface area contributed by atoms with Gasteiger partial charge in [-0.2, -0.15) is 4.98 Å². The Morgan fingerprint density at radius 1 is 1.23 bits per heavy atom. The van der Waals surface area contributed by atoms with E-state index in [1.807, 2.05) is 18.2 Å². The van der Waals surface area contributed by atoms with E-state index in [2.05, 4.69) is 21.1 Å². The SMILES string of the molecule is O=C(CC1=CCCCC1)N1CCCC(CC2CC2)(c2noc(-c3ccccn3)n2)C1. The lowest BCUT2D eigenvalue weighted by Crippen LogP contribution is -2.49. The standard InChI is InChI=1S/C24H30N4O2/c29-21(15-18-7-2-1-3-8-18)28-14-6-12-24(17-28,16-19-10-11-19)23-26-22(30-27-23)20-9-4-5-13-25-20/h4-5,7,9,13,19H,1-3,6,8,10-12,14-17H2. The van der Waals surface area contributed by atoms with Crippen LogP contribution in [0.3, 0.4) is 0 Å². The molecule has 6 heteroatoms. The number of hydrogen-bond donors (Lipinski definition) is 0. The maximum atomic E-state index is 13.1. The van der Waals surface area contributed by atoms with Crippen molar-refractivity contribution in [3.05, 3.63) is 41.9 Å². The third-order valence-corrected chi connectivity index (χ3v) is 6.85. The van der Waals surface area contributed by atoms with Crippen LogP contribution in [-0.4, -0.2) is 39.0 Å².